The van der Waals surface area contributed by atoms with Crippen LogP contribution in [0.2, 0.25) is 0 Å². The van der Waals surface area contributed by atoms with E-state index in [4.69, 9.17) is 0 Å². The normalized spacial score (nSPS) is 29.9. The maximum atomic E-state index is 9.95. The lowest BCUT2D eigenvalue weighted by molar-refractivity contribution is 0.0939. The highest BCUT2D eigenvalue weighted by molar-refractivity contribution is 5.78. The molecular weight excluding hydrogens is 262 g/mol. The fraction of sp³-hybridized carbons (Fsp3) is 0.588. The van der Waals surface area contributed by atoms with E-state index in [9.17, 15) is 5.11 Å². The van der Waals surface area contributed by atoms with Gasteiger partial charge in [-0.1, -0.05) is 18.2 Å². The van der Waals surface area contributed by atoms with Crippen LogP contribution in [0.1, 0.15) is 44.6 Å². The largest absolute Gasteiger partial charge is 0.394 e. The van der Waals surface area contributed by atoms with Crippen LogP contribution in [0.4, 0.5) is 0 Å². The van der Waals surface area contributed by atoms with Crippen LogP contribution in [0, 0.1) is 0 Å². The van der Waals surface area contributed by atoms with Crippen molar-refractivity contribution in [1.29, 1.82) is 0 Å². The zero-order valence-electron chi connectivity index (χ0n) is 12.3. The van der Waals surface area contributed by atoms with Gasteiger partial charge in [-0.3, -0.25) is 4.68 Å². The quantitative estimate of drug-likeness (QED) is 0.908. The van der Waals surface area contributed by atoms with E-state index in [1.165, 1.54) is 23.7 Å². The first kappa shape index (κ1) is 13.3. The molecule has 1 aromatic heterocycles. The lowest BCUT2D eigenvalue weighted by atomic mass is 9.79. The van der Waals surface area contributed by atoms with Gasteiger partial charge in [0.1, 0.15) is 0 Å². The molecule has 1 aromatic carbocycles. The van der Waals surface area contributed by atoms with Gasteiger partial charge in [0.15, 0.2) is 0 Å². The van der Waals surface area contributed by atoms with E-state index in [2.05, 4.69) is 39.4 Å². The molecule has 2 fully saturated rings. The van der Waals surface area contributed by atoms with Crippen molar-refractivity contribution in [2.75, 3.05) is 6.61 Å². The van der Waals surface area contributed by atoms with Crippen LogP contribution in [0.5, 0.6) is 0 Å². The minimum absolute atomic E-state index is 0.100. The first-order chi connectivity index (χ1) is 10.3. The van der Waals surface area contributed by atoms with Crippen molar-refractivity contribution in [3.05, 3.63) is 30.5 Å². The lowest BCUT2D eigenvalue weighted by Gasteiger charge is -2.41. The number of hydrogen-bond donors (Lipinski definition) is 2. The molecule has 2 unspecified atom stereocenters. The Labute approximate surface area is 125 Å². The summed E-state index contributed by atoms with van der Waals surface area (Å²) in [5.74, 6) is 0. The van der Waals surface area contributed by atoms with Crippen LogP contribution in [-0.4, -0.2) is 33.1 Å². The summed E-state index contributed by atoms with van der Waals surface area (Å²) in [4.78, 5) is 0. The molecule has 2 aromatic rings. The second-order valence-corrected chi connectivity index (χ2v) is 6.76. The SMILES string of the molecule is OCC1(NC2CC2)CCCC(n2ncc3ccccc32)C1. The number of para-hydroxylation sites is 1. The molecule has 4 rings (SSSR count). The van der Waals surface area contributed by atoms with Gasteiger partial charge in [-0.05, 0) is 44.6 Å². The fourth-order valence-electron chi connectivity index (χ4n) is 3.80. The first-order valence-electron chi connectivity index (χ1n) is 8.10. The number of hydrogen-bond acceptors (Lipinski definition) is 3. The molecule has 0 amide bonds. The maximum absolute atomic E-state index is 9.95. The molecule has 2 aliphatic rings. The summed E-state index contributed by atoms with van der Waals surface area (Å²) in [5.41, 5.74) is 1.11. The van der Waals surface area contributed by atoms with Gasteiger partial charge in [0.25, 0.3) is 0 Å². The molecule has 2 atom stereocenters. The van der Waals surface area contributed by atoms with Crippen molar-refractivity contribution in [2.45, 2.75) is 56.1 Å². The number of aliphatic hydroxyl groups excluding tert-OH is 1. The van der Waals surface area contributed by atoms with Gasteiger partial charge < -0.3 is 10.4 Å². The summed E-state index contributed by atoms with van der Waals surface area (Å²) in [6.07, 6.45) is 8.84. The zero-order valence-corrected chi connectivity index (χ0v) is 12.3. The van der Waals surface area contributed by atoms with E-state index in [1.807, 2.05) is 6.20 Å². The molecule has 0 radical (unpaired) electrons. The predicted octanol–water partition coefficient (Wildman–Crippen LogP) is 2.63. The molecule has 4 heteroatoms. The highest BCUT2D eigenvalue weighted by atomic mass is 16.3. The van der Waals surface area contributed by atoms with Gasteiger partial charge in [-0.15, -0.1) is 0 Å². The smallest absolute Gasteiger partial charge is 0.0685 e. The molecule has 2 saturated carbocycles. The summed E-state index contributed by atoms with van der Waals surface area (Å²) >= 11 is 0. The Morgan fingerprint density at radius 3 is 2.95 bits per heavy atom. The van der Waals surface area contributed by atoms with E-state index in [-0.39, 0.29) is 12.1 Å². The minimum Gasteiger partial charge on any atom is -0.394 e. The molecule has 0 bridgehead atoms. The highest BCUT2D eigenvalue weighted by Gasteiger charge is 2.40. The van der Waals surface area contributed by atoms with Crippen LogP contribution in [-0.2, 0) is 0 Å². The maximum Gasteiger partial charge on any atom is 0.0685 e. The third kappa shape index (κ3) is 2.47. The summed E-state index contributed by atoms with van der Waals surface area (Å²) in [5, 5.41) is 19.5. The fourth-order valence-corrected chi connectivity index (χ4v) is 3.80. The molecule has 0 saturated heterocycles. The van der Waals surface area contributed by atoms with Crippen molar-refractivity contribution < 1.29 is 5.11 Å². The van der Waals surface area contributed by atoms with E-state index in [0.717, 1.165) is 25.7 Å². The summed E-state index contributed by atoms with van der Waals surface area (Å²) in [6, 6.07) is 9.41. The Morgan fingerprint density at radius 2 is 2.14 bits per heavy atom. The van der Waals surface area contributed by atoms with Gasteiger partial charge in [-0.2, -0.15) is 5.10 Å². The van der Waals surface area contributed by atoms with Crippen molar-refractivity contribution in [1.82, 2.24) is 15.1 Å². The Balaban J connectivity index is 1.62. The van der Waals surface area contributed by atoms with Gasteiger partial charge in [-0.25, -0.2) is 0 Å². The topological polar surface area (TPSA) is 50.1 Å². The molecule has 2 aliphatic carbocycles. The Kier molecular flexibility index (Phi) is 3.23. The van der Waals surface area contributed by atoms with Gasteiger partial charge in [0.05, 0.1) is 24.4 Å². The average Bonchev–Trinajstić information content (AvgIpc) is 3.23. The number of fused-ring (bicyclic) bond motifs is 1. The second kappa shape index (κ2) is 5.11. The van der Waals surface area contributed by atoms with E-state index >= 15 is 0 Å². The first-order valence-corrected chi connectivity index (χ1v) is 8.10. The van der Waals surface area contributed by atoms with Crippen molar-refractivity contribution in [3.63, 3.8) is 0 Å². The molecule has 1 heterocycles. The van der Waals surface area contributed by atoms with E-state index in [0.29, 0.717) is 12.1 Å². The molecular formula is C17H23N3O. The van der Waals surface area contributed by atoms with E-state index < -0.39 is 0 Å². The minimum atomic E-state index is -0.100. The van der Waals surface area contributed by atoms with Crippen LogP contribution >= 0.6 is 0 Å². The number of benzene rings is 1. The third-order valence-electron chi connectivity index (χ3n) is 5.06. The molecule has 0 aliphatic heterocycles. The van der Waals surface area contributed by atoms with Gasteiger partial charge in [0.2, 0.25) is 0 Å². The monoisotopic (exact) mass is 285 g/mol. The second-order valence-electron chi connectivity index (χ2n) is 6.76. The van der Waals surface area contributed by atoms with Crippen LogP contribution in [0.15, 0.2) is 30.5 Å². The van der Waals surface area contributed by atoms with Crippen molar-refractivity contribution in [3.8, 4) is 0 Å². The Bertz CT molecular complexity index is 634. The standard InChI is InChI=1S/C17H23N3O/c21-12-17(19-14-7-8-14)9-3-5-15(10-17)20-16-6-2-1-4-13(16)11-18-20/h1-2,4,6,11,14-15,19,21H,3,5,7-10,12H2. The van der Waals surface area contributed by atoms with Crippen molar-refractivity contribution in [2.24, 2.45) is 0 Å². The Hall–Kier alpha value is -1.39. The zero-order chi connectivity index (χ0) is 14.3. The predicted molar refractivity (Wildman–Crippen MR) is 83.2 cm³/mol. The number of nitrogens with zero attached hydrogens (tertiary/aromatic N) is 2. The van der Waals surface area contributed by atoms with Crippen LogP contribution in [0.25, 0.3) is 10.9 Å². The number of aliphatic hydroxyl groups is 1. The molecule has 2 N–H and O–H groups in total. The Morgan fingerprint density at radius 1 is 1.29 bits per heavy atom. The third-order valence-corrected chi connectivity index (χ3v) is 5.06. The number of rotatable bonds is 4. The van der Waals surface area contributed by atoms with Gasteiger partial charge >= 0.3 is 0 Å². The number of aromatic nitrogens is 2. The van der Waals surface area contributed by atoms with Crippen LogP contribution < -0.4 is 5.32 Å². The lowest BCUT2D eigenvalue weighted by Crippen LogP contribution is -2.52. The summed E-state index contributed by atoms with van der Waals surface area (Å²) < 4.78 is 2.17. The van der Waals surface area contributed by atoms with Gasteiger partial charge in [0, 0.05) is 17.0 Å². The molecule has 4 nitrogen and oxygen atoms in total. The number of nitrogens with one attached hydrogen (secondary N) is 1. The van der Waals surface area contributed by atoms with Crippen molar-refractivity contribution >= 4 is 10.9 Å². The average molecular weight is 285 g/mol. The van der Waals surface area contributed by atoms with E-state index in [1.54, 1.807) is 0 Å². The summed E-state index contributed by atoms with van der Waals surface area (Å²) in [7, 11) is 0. The molecule has 0 spiro atoms. The van der Waals surface area contributed by atoms with Crippen LogP contribution in [0.3, 0.4) is 0 Å². The molecule has 112 valence electrons. The molecule has 21 heavy (non-hydrogen) atoms. The highest BCUT2D eigenvalue weighted by Crippen LogP contribution is 2.38. The summed E-state index contributed by atoms with van der Waals surface area (Å²) in [6.45, 7) is 0.235.